The summed E-state index contributed by atoms with van der Waals surface area (Å²) >= 11 is 0. The molecule has 0 aliphatic rings. The molecule has 0 radical (unpaired) electrons. The molecule has 1 heterocycles. The van der Waals surface area contributed by atoms with Crippen molar-refractivity contribution in [3.8, 4) is 11.5 Å². The number of anilines is 1. The van der Waals surface area contributed by atoms with E-state index in [1.165, 1.54) is 13.0 Å². The minimum absolute atomic E-state index is 0.0542. The van der Waals surface area contributed by atoms with E-state index in [1.807, 2.05) is 38.1 Å². The van der Waals surface area contributed by atoms with Crippen LogP contribution in [0.2, 0.25) is 0 Å². The Morgan fingerprint density at radius 1 is 1.12 bits per heavy atom. The third-order valence-electron chi connectivity index (χ3n) is 4.43. The number of nitro groups is 1. The summed E-state index contributed by atoms with van der Waals surface area (Å²) < 4.78 is 16.3. The molecule has 0 saturated heterocycles. The highest BCUT2D eigenvalue weighted by Crippen LogP contribution is 2.30. The van der Waals surface area contributed by atoms with Gasteiger partial charge in [-0.3, -0.25) is 14.9 Å². The van der Waals surface area contributed by atoms with Gasteiger partial charge in [-0.05, 0) is 56.7 Å². The molecule has 0 aliphatic heterocycles. The van der Waals surface area contributed by atoms with Crippen molar-refractivity contribution in [1.82, 2.24) is 5.16 Å². The molecule has 1 N–H and O–H groups in total. The number of carbonyl (C=O) groups is 1. The normalized spacial score (nSPS) is 10.8. The molecule has 0 fully saturated rings. The van der Waals surface area contributed by atoms with E-state index in [4.69, 9.17) is 14.0 Å². The molecule has 166 valence electrons. The predicted molar refractivity (Wildman–Crippen MR) is 120 cm³/mol. The maximum atomic E-state index is 12.2. The van der Waals surface area contributed by atoms with Crippen LogP contribution in [0.15, 0.2) is 47.0 Å². The quantitative estimate of drug-likeness (QED) is 0.378. The molecule has 0 unspecified atom stereocenters. The van der Waals surface area contributed by atoms with E-state index < -0.39 is 4.92 Å². The maximum Gasteiger partial charge on any atom is 0.338 e. The first-order valence-corrected chi connectivity index (χ1v) is 9.92. The molecule has 3 rings (SSSR count). The third kappa shape index (κ3) is 5.72. The fourth-order valence-corrected chi connectivity index (χ4v) is 2.88. The topological polar surface area (TPSA) is 117 Å². The number of hydrogen-bond donors (Lipinski definition) is 1. The van der Waals surface area contributed by atoms with Gasteiger partial charge in [-0.25, -0.2) is 0 Å². The monoisotopic (exact) mass is 437 g/mol. The van der Waals surface area contributed by atoms with Crippen LogP contribution in [0.25, 0.3) is 12.2 Å². The van der Waals surface area contributed by atoms with Gasteiger partial charge in [-0.2, -0.15) is 0 Å². The fourth-order valence-electron chi connectivity index (χ4n) is 2.88. The number of aromatic nitrogens is 1. The summed E-state index contributed by atoms with van der Waals surface area (Å²) in [5, 5.41) is 17.6. The van der Waals surface area contributed by atoms with Crippen LogP contribution in [-0.2, 0) is 4.79 Å². The van der Waals surface area contributed by atoms with Crippen molar-refractivity contribution in [2.24, 2.45) is 0 Å². The first kappa shape index (κ1) is 22.5. The van der Waals surface area contributed by atoms with Crippen LogP contribution in [0, 0.1) is 24.0 Å². The zero-order valence-electron chi connectivity index (χ0n) is 18.0. The fraction of sp³-hybridized carbons (Fsp3) is 0.217. The van der Waals surface area contributed by atoms with Gasteiger partial charge in [-0.15, -0.1) is 0 Å². The molecule has 0 aliphatic carbocycles. The van der Waals surface area contributed by atoms with Crippen molar-refractivity contribution in [3.05, 3.63) is 75.2 Å². The van der Waals surface area contributed by atoms with Gasteiger partial charge in [0.15, 0.2) is 23.8 Å². The molecule has 0 spiro atoms. The van der Waals surface area contributed by atoms with Crippen molar-refractivity contribution in [2.75, 3.05) is 18.5 Å². The summed E-state index contributed by atoms with van der Waals surface area (Å²) in [4.78, 5) is 22.8. The zero-order chi connectivity index (χ0) is 23.1. The lowest BCUT2D eigenvalue weighted by atomic mass is 10.1. The van der Waals surface area contributed by atoms with E-state index >= 15 is 0 Å². The van der Waals surface area contributed by atoms with Crippen molar-refractivity contribution in [3.63, 3.8) is 0 Å². The predicted octanol–water partition coefficient (Wildman–Crippen LogP) is 4.79. The van der Waals surface area contributed by atoms with Crippen molar-refractivity contribution >= 4 is 29.4 Å². The molecule has 0 atom stereocenters. The zero-order valence-corrected chi connectivity index (χ0v) is 18.0. The number of benzene rings is 2. The Hall–Kier alpha value is -4.14. The summed E-state index contributed by atoms with van der Waals surface area (Å²) in [6.07, 6.45) is 3.11. The van der Waals surface area contributed by atoms with Crippen LogP contribution in [0.4, 0.5) is 11.4 Å². The SMILES string of the molecule is CCOc1cc(/C=C/c2onc(C)c2[N+](=O)[O-])ccc1OCC(=O)Nc1ccc(C)cc1. The van der Waals surface area contributed by atoms with Gasteiger partial charge in [0, 0.05) is 5.69 Å². The van der Waals surface area contributed by atoms with Gasteiger partial charge in [-0.1, -0.05) is 35.0 Å². The van der Waals surface area contributed by atoms with Gasteiger partial charge in [0.05, 0.1) is 11.5 Å². The molecule has 9 heteroatoms. The molecular weight excluding hydrogens is 414 g/mol. The Morgan fingerprint density at radius 3 is 2.56 bits per heavy atom. The van der Waals surface area contributed by atoms with E-state index in [2.05, 4.69) is 10.5 Å². The van der Waals surface area contributed by atoms with Gasteiger partial charge >= 0.3 is 5.69 Å². The molecule has 2 aromatic carbocycles. The first-order chi connectivity index (χ1) is 15.4. The van der Waals surface area contributed by atoms with Crippen LogP contribution in [0.5, 0.6) is 11.5 Å². The van der Waals surface area contributed by atoms with Gasteiger partial charge in [0.2, 0.25) is 5.76 Å². The van der Waals surface area contributed by atoms with E-state index in [-0.39, 0.29) is 29.7 Å². The van der Waals surface area contributed by atoms with E-state index in [0.29, 0.717) is 29.4 Å². The Bertz CT molecular complexity index is 1140. The number of amides is 1. The second-order valence-corrected chi connectivity index (χ2v) is 6.91. The van der Waals surface area contributed by atoms with Crippen molar-refractivity contribution in [1.29, 1.82) is 0 Å². The van der Waals surface area contributed by atoms with E-state index in [0.717, 1.165) is 5.56 Å². The number of nitrogens with zero attached hydrogens (tertiary/aromatic N) is 2. The highest BCUT2D eigenvalue weighted by molar-refractivity contribution is 5.91. The van der Waals surface area contributed by atoms with Crippen LogP contribution >= 0.6 is 0 Å². The first-order valence-electron chi connectivity index (χ1n) is 9.92. The van der Waals surface area contributed by atoms with Gasteiger partial charge < -0.3 is 19.3 Å². The summed E-state index contributed by atoms with van der Waals surface area (Å²) in [6.45, 7) is 5.51. The van der Waals surface area contributed by atoms with Crippen molar-refractivity contribution in [2.45, 2.75) is 20.8 Å². The Labute approximate surface area is 184 Å². The molecule has 0 saturated carbocycles. The Kier molecular flexibility index (Phi) is 7.22. The molecule has 1 amide bonds. The smallest absolute Gasteiger partial charge is 0.338 e. The highest BCUT2D eigenvalue weighted by Gasteiger charge is 2.22. The second kappa shape index (κ2) is 10.3. The molecule has 3 aromatic rings. The van der Waals surface area contributed by atoms with Crippen LogP contribution in [-0.4, -0.2) is 29.2 Å². The van der Waals surface area contributed by atoms with Crippen LogP contribution in [0.1, 0.15) is 29.5 Å². The number of ether oxygens (including phenoxy) is 2. The molecule has 32 heavy (non-hydrogen) atoms. The lowest BCUT2D eigenvalue weighted by molar-refractivity contribution is -0.386. The molecule has 9 nitrogen and oxygen atoms in total. The summed E-state index contributed by atoms with van der Waals surface area (Å²) in [5.74, 6) is 0.609. The van der Waals surface area contributed by atoms with Crippen molar-refractivity contribution < 1.29 is 23.7 Å². The minimum atomic E-state index is -0.532. The standard InChI is InChI=1S/C23H23N3O6/c1-4-30-21-13-17(8-12-20-23(26(28)29)16(3)25-32-20)7-11-19(21)31-14-22(27)24-18-9-5-15(2)6-10-18/h5-13H,4,14H2,1-3H3,(H,24,27)/b12-8+. The van der Waals surface area contributed by atoms with Crippen LogP contribution < -0.4 is 14.8 Å². The second-order valence-electron chi connectivity index (χ2n) is 6.91. The lowest BCUT2D eigenvalue weighted by Crippen LogP contribution is -2.20. The minimum Gasteiger partial charge on any atom is -0.490 e. The highest BCUT2D eigenvalue weighted by atomic mass is 16.6. The third-order valence-corrected chi connectivity index (χ3v) is 4.43. The average molecular weight is 437 g/mol. The van der Waals surface area contributed by atoms with Gasteiger partial charge in [0.1, 0.15) is 0 Å². The number of hydrogen-bond acceptors (Lipinski definition) is 7. The number of aryl methyl sites for hydroxylation is 2. The Morgan fingerprint density at radius 2 is 1.88 bits per heavy atom. The average Bonchev–Trinajstić information content (AvgIpc) is 3.14. The number of rotatable bonds is 9. The van der Waals surface area contributed by atoms with E-state index in [1.54, 1.807) is 24.3 Å². The number of carbonyl (C=O) groups excluding carboxylic acids is 1. The van der Waals surface area contributed by atoms with Crippen LogP contribution in [0.3, 0.4) is 0 Å². The van der Waals surface area contributed by atoms with Gasteiger partial charge in [0.25, 0.3) is 5.91 Å². The lowest BCUT2D eigenvalue weighted by Gasteiger charge is -2.13. The summed E-state index contributed by atoms with van der Waals surface area (Å²) in [7, 11) is 0. The number of nitrogens with one attached hydrogen (secondary N) is 1. The molecular formula is C23H23N3O6. The Balaban J connectivity index is 1.69. The summed E-state index contributed by atoms with van der Waals surface area (Å²) in [5.41, 5.74) is 2.52. The molecule has 0 bridgehead atoms. The summed E-state index contributed by atoms with van der Waals surface area (Å²) in [6, 6.07) is 12.6. The van der Waals surface area contributed by atoms with E-state index in [9.17, 15) is 14.9 Å². The largest absolute Gasteiger partial charge is 0.490 e. The maximum absolute atomic E-state index is 12.2. The molecule has 1 aromatic heterocycles.